The summed E-state index contributed by atoms with van der Waals surface area (Å²) in [5.74, 6) is 1.07. The number of aryl methyl sites for hydroxylation is 1. The normalized spacial score (nSPS) is 15.6. The molecule has 0 spiro atoms. The molecule has 2 aromatic heterocycles. The molecule has 1 unspecified atom stereocenters. The van der Waals surface area contributed by atoms with Gasteiger partial charge in [-0.2, -0.15) is 4.98 Å². The fourth-order valence-electron chi connectivity index (χ4n) is 4.44. The minimum absolute atomic E-state index is 0.149. The molecule has 0 fully saturated rings. The summed E-state index contributed by atoms with van der Waals surface area (Å²) in [6, 6.07) is 13.8. The van der Waals surface area contributed by atoms with Gasteiger partial charge in [-0.1, -0.05) is 31.2 Å². The third-order valence-corrected chi connectivity index (χ3v) is 6.09. The van der Waals surface area contributed by atoms with Gasteiger partial charge in [0.05, 0.1) is 13.7 Å². The van der Waals surface area contributed by atoms with Gasteiger partial charge in [0.1, 0.15) is 11.6 Å². The highest BCUT2D eigenvalue weighted by Crippen LogP contribution is 2.34. The molecule has 0 saturated heterocycles. The van der Waals surface area contributed by atoms with Crippen LogP contribution in [-0.2, 0) is 20.1 Å². The first-order valence-corrected chi connectivity index (χ1v) is 10.7. The number of hydrogen-bond acceptors (Lipinski definition) is 5. The fraction of sp³-hybridized carbons (Fsp3) is 0.292. The molecule has 5 rings (SSSR count). The second kappa shape index (κ2) is 7.91. The lowest BCUT2D eigenvalue weighted by Gasteiger charge is -2.33. The van der Waals surface area contributed by atoms with E-state index in [0.717, 1.165) is 10.3 Å². The van der Waals surface area contributed by atoms with Crippen molar-refractivity contribution in [3.63, 3.8) is 0 Å². The molecule has 0 amide bonds. The summed E-state index contributed by atoms with van der Waals surface area (Å²) in [4.78, 5) is 33.3. The van der Waals surface area contributed by atoms with Crippen LogP contribution >= 0.6 is 0 Å². The van der Waals surface area contributed by atoms with E-state index < -0.39 is 17.1 Å². The van der Waals surface area contributed by atoms with E-state index in [1.54, 1.807) is 32.4 Å². The number of nitrogens with zero attached hydrogens (tertiary/aromatic N) is 5. The predicted octanol–water partition coefficient (Wildman–Crippen LogP) is 2.88. The number of anilines is 2. The topological polar surface area (TPSA) is 74.3 Å². The highest BCUT2D eigenvalue weighted by Gasteiger charge is 2.30. The van der Waals surface area contributed by atoms with Gasteiger partial charge >= 0.3 is 5.69 Å². The Morgan fingerprint density at radius 2 is 1.91 bits per heavy atom. The van der Waals surface area contributed by atoms with Crippen molar-refractivity contribution in [1.29, 1.82) is 0 Å². The molecule has 0 aliphatic carbocycles. The number of halogens is 1. The molecule has 8 nitrogen and oxygen atoms in total. The maximum absolute atomic E-state index is 14.3. The SMILES string of the molecule is COc1cccc(N2CC(C)Cn3c2nc2c3c(=O)n(Cc3ccccc3F)c(=O)n2C)c1. The van der Waals surface area contributed by atoms with Crippen molar-refractivity contribution in [2.45, 2.75) is 20.0 Å². The molecule has 4 aromatic rings. The largest absolute Gasteiger partial charge is 0.497 e. The lowest BCUT2D eigenvalue weighted by atomic mass is 10.1. The molecule has 33 heavy (non-hydrogen) atoms. The summed E-state index contributed by atoms with van der Waals surface area (Å²) in [6.07, 6.45) is 0. The lowest BCUT2D eigenvalue weighted by Crippen LogP contribution is -2.40. The fourth-order valence-corrected chi connectivity index (χ4v) is 4.44. The Bertz CT molecular complexity index is 1490. The summed E-state index contributed by atoms with van der Waals surface area (Å²) in [6.45, 7) is 3.23. The standard InChI is InChI=1S/C24H24FN5O3/c1-15-12-28(17-8-6-9-18(11-17)33-3)23-26-21-20(29(23)13-15)22(31)30(24(32)27(21)2)14-16-7-4-5-10-19(16)25/h4-11,15H,12-14H2,1-3H3. The molecular formula is C24H24FN5O3. The zero-order valence-corrected chi connectivity index (χ0v) is 18.7. The molecule has 0 radical (unpaired) electrons. The smallest absolute Gasteiger partial charge is 0.332 e. The molecule has 3 heterocycles. The Labute approximate surface area is 189 Å². The quantitative estimate of drug-likeness (QED) is 0.479. The first-order chi connectivity index (χ1) is 15.9. The minimum atomic E-state index is -0.535. The van der Waals surface area contributed by atoms with Crippen molar-refractivity contribution >= 4 is 22.8 Å². The van der Waals surface area contributed by atoms with Crippen molar-refractivity contribution < 1.29 is 9.13 Å². The van der Waals surface area contributed by atoms with Crippen LogP contribution in [0.2, 0.25) is 0 Å². The van der Waals surface area contributed by atoms with Gasteiger partial charge in [0.2, 0.25) is 5.95 Å². The molecule has 0 N–H and O–H groups in total. The van der Waals surface area contributed by atoms with E-state index in [2.05, 4.69) is 6.92 Å². The summed E-state index contributed by atoms with van der Waals surface area (Å²) in [5, 5.41) is 0. The van der Waals surface area contributed by atoms with Gasteiger partial charge in [-0.15, -0.1) is 0 Å². The summed E-state index contributed by atoms with van der Waals surface area (Å²) < 4.78 is 23.9. The molecule has 1 atom stereocenters. The average molecular weight is 449 g/mol. The molecule has 1 aliphatic rings. The molecule has 1 aliphatic heterocycles. The van der Waals surface area contributed by atoms with E-state index in [1.807, 2.05) is 33.7 Å². The van der Waals surface area contributed by atoms with Gasteiger partial charge in [0, 0.05) is 37.5 Å². The van der Waals surface area contributed by atoms with E-state index in [0.29, 0.717) is 36.0 Å². The van der Waals surface area contributed by atoms with E-state index in [9.17, 15) is 14.0 Å². The van der Waals surface area contributed by atoms with Gasteiger partial charge in [0.25, 0.3) is 5.56 Å². The maximum atomic E-state index is 14.3. The van der Waals surface area contributed by atoms with Gasteiger partial charge < -0.3 is 14.2 Å². The first kappa shape index (κ1) is 21.0. The van der Waals surface area contributed by atoms with Crippen LogP contribution in [0.5, 0.6) is 5.75 Å². The second-order valence-corrected chi connectivity index (χ2v) is 8.44. The third-order valence-electron chi connectivity index (χ3n) is 6.09. The Kier molecular flexibility index (Phi) is 5.03. The van der Waals surface area contributed by atoms with Crippen LogP contribution in [0, 0.1) is 11.7 Å². The lowest BCUT2D eigenvalue weighted by molar-refractivity contribution is 0.414. The van der Waals surface area contributed by atoms with Gasteiger partial charge in [-0.05, 0) is 24.1 Å². The maximum Gasteiger partial charge on any atom is 0.332 e. The van der Waals surface area contributed by atoms with Crippen LogP contribution in [0.15, 0.2) is 58.1 Å². The minimum Gasteiger partial charge on any atom is -0.497 e. The summed E-state index contributed by atoms with van der Waals surface area (Å²) in [7, 11) is 3.20. The molecule has 0 bridgehead atoms. The highest BCUT2D eigenvalue weighted by atomic mass is 19.1. The van der Waals surface area contributed by atoms with Gasteiger partial charge in [-0.25, -0.2) is 9.18 Å². The zero-order valence-electron chi connectivity index (χ0n) is 18.7. The Balaban J connectivity index is 1.72. The number of ether oxygens (including phenoxy) is 1. The van der Waals surface area contributed by atoms with Crippen LogP contribution in [0.4, 0.5) is 16.0 Å². The Morgan fingerprint density at radius 1 is 1.12 bits per heavy atom. The molecule has 0 saturated carbocycles. The number of fused-ring (bicyclic) bond motifs is 3. The monoisotopic (exact) mass is 449 g/mol. The van der Waals surface area contributed by atoms with Gasteiger partial charge in [-0.3, -0.25) is 13.9 Å². The van der Waals surface area contributed by atoms with E-state index in [-0.39, 0.29) is 18.0 Å². The molecule has 9 heteroatoms. The number of imidazole rings is 1. The van der Waals surface area contributed by atoms with Crippen LogP contribution in [0.25, 0.3) is 11.2 Å². The van der Waals surface area contributed by atoms with E-state index in [4.69, 9.17) is 9.72 Å². The van der Waals surface area contributed by atoms with Crippen LogP contribution < -0.4 is 20.9 Å². The molecule has 2 aromatic carbocycles. The van der Waals surface area contributed by atoms with Crippen molar-refractivity contribution in [3.8, 4) is 5.75 Å². The summed E-state index contributed by atoms with van der Waals surface area (Å²) >= 11 is 0. The van der Waals surface area contributed by atoms with Crippen molar-refractivity contribution in [2.24, 2.45) is 13.0 Å². The van der Waals surface area contributed by atoms with Crippen LogP contribution in [0.3, 0.4) is 0 Å². The Hall–Kier alpha value is -3.88. The Morgan fingerprint density at radius 3 is 2.67 bits per heavy atom. The first-order valence-electron chi connectivity index (χ1n) is 10.7. The van der Waals surface area contributed by atoms with Crippen molar-refractivity contribution in [1.82, 2.24) is 18.7 Å². The number of aromatic nitrogens is 4. The van der Waals surface area contributed by atoms with Crippen molar-refractivity contribution in [3.05, 3.63) is 80.7 Å². The second-order valence-electron chi connectivity index (χ2n) is 8.44. The third kappa shape index (κ3) is 3.40. The number of rotatable bonds is 4. The zero-order chi connectivity index (χ0) is 23.3. The van der Waals surface area contributed by atoms with E-state index in [1.165, 1.54) is 10.6 Å². The molecule has 170 valence electrons. The van der Waals surface area contributed by atoms with E-state index >= 15 is 0 Å². The van der Waals surface area contributed by atoms with Crippen LogP contribution in [0.1, 0.15) is 12.5 Å². The average Bonchev–Trinajstić information content (AvgIpc) is 3.20. The highest BCUT2D eigenvalue weighted by molar-refractivity contribution is 5.77. The van der Waals surface area contributed by atoms with Crippen LogP contribution in [-0.4, -0.2) is 32.3 Å². The number of benzene rings is 2. The number of hydrogen-bond donors (Lipinski definition) is 0. The van der Waals surface area contributed by atoms with Gasteiger partial charge in [0.15, 0.2) is 11.2 Å². The summed E-state index contributed by atoms with van der Waals surface area (Å²) in [5.41, 5.74) is 0.798. The predicted molar refractivity (Wildman–Crippen MR) is 124 cm³/mol. The van der Waals surface area contributed by atoms with Crippen molar-refractivity contribution in [2.75, 3.05) is 18.6 Å². The molecular weight excluding hydrogens is 425 g/mol. The number of methoxy groups -OCH3 is 1.